The van der Waals surface area contributed by atoms with Gasteiger partial charge in [0.2, 0.25) is 0 Å². The third-order valence-corrected chi connectivity index (χ3v) is 4.48. The van der Waals surface area contributed by atoms with Crippen molar-refractivity contribution in [3.05, 3.63) is 75.8 Å². The molecule has 3 rings (SSSR count). The zero-order valence-corrected chi connectivity index (χ0v) is 15.5. The van der Waals surface area contributed by atoms with Gasteiger partial charge in [0.25, 0.3) is 5.56 Å². The summed E-state index contributed by atoms with van der Waals surface area (Å²) in [5.74, 6) is 0.653. The molecule has 3 aromatic rings. The Morgan fingerprint density at radius 2 is 1.77 bits per heavy atom. The van der Waals surface area contributed by atoms with Gasteiger partial charge in [-0.15, -0.1) is 0 Å². The van der Waals surface area contributed by atoms with E-state index in [1.165, 1.54) is 10.2 Å². The van der Waals surface area contributed by atoms with Crippen LogP contribution in [0.15, 0.2) is 58.4 Å². The number of rotatable bonds is 6. The maximum Gasteiger partial charge on any atom is 0.282 e. The Hall–Kier alpha value is -2.79. The molecule has 0 N–H and O–H groups in total. The Morgan fingerprint density at radius 1 is 1.08 bits per heavy atom. The molecule has 0 unspecified atom stereocenters. The lowest BCUT2D eigenvalue weighted by atomic mass is 10.2. The van der Waals surface area contributed by atoms with Gasteiger partial charge in [0, 0.05) is 0 Å². The summed E-state index contributed by atoms with van der Waals surface area (Å²) in [6.07, 6.45) is 1.71. The summed E-state index contributed by atoms with van der Waals surface area (Å²) in [5, 5.41) is 5.05. The maximum atomic E-state index is 13.0. The Labute approximate surface area is 153 Å². The van der Waals surface area contributed by atoms with Crippen LogP contribution in [0.5, 0.6) is 0 Å². The molecule has 0 saturated heterocycles. The van der Waals surface area contributed by atoms with Gasteiger partial charge in [0.05, 0.1) is 23.7 Å². The molecule has 0 radical (unpaired) electrons. The fourth-order valence-electron chi connectivity index (χ4n) is 2.82. The SMILES string of the molecule is CCN(CC)Cc1nc2ccccc2c(=O)n1/N=C/c1ccc(C)cc1. The van der Waals surface area contributed by atoms with Crippen LogP contribution in [0, 0.1) is 6.92 Å². The Balaban J connectivity index is 2.09. The van der Waals surface area contributed by atoms with Crippen molar-refractivity contribution in [1.29, 1.82) is 0 Å². The van der Waals surface area contributed by atoms with Crippen molar-refractivity contribution in [2.75, 3.05) is 13.1 Å². The third-order valence-electron chi connectivity index (χ3n) is 4.48. The molecule has 0 aliphatic rings. The predicted octanol–water partition coefficient (Wildman–Crippen LogP) is 3.43. The summed E-state index contributed by atoms with van der Waals surface area (Å²) in [5.41, 5.74) is 2.71. The first-order chi connectivity index (χ1) is 12.6. The van der Waals surface area contributed by atoms with Gasteiger partial charge in [-0.05, 0) is 37.7 Å². The van der Waals surface area contributed by atoms with E-state index in [9.17, 15) is 4.79 Å². The van der Waals surface area contributed by atoms with Gasteiger partial charge >= 0.3 is 0 Å². The summed E-state index contributed by atoms with van der Waals surface area (Å²) in [6, 6.07) is 15.4. The van der Waals surface area contributed by atoms with E-state index in [-0.39, 0.29) is 5.56 Å². The van der Waals surface area contributed by atoms with Crippen LogP contribution in [0.2, 0.25) is 0 Å². The Bertz CT molecular complexity index is 969. The van der Waals surface area contributed by atoms with Crippen molar-refractivity contribution < 1.29 is 0 Å². The normalized spacial score (nSPS) is 11.7. The molecule has 0 bridgehead atoms. The van der Waals surface area contributed by atoms with E-state index < -0.39 is 0 Å². The average molecular weight is 348 g/mol. The fourth-order valence-corrected chi connectivity index (χ4v) is 2.82. The minimum absolute atomic E-state index is 0.138. The molecule has 0 saturated carbocycles. The molecule has 0 spiro atoms. The van der Waals surface area contributed by atoms with Crippen molar-refractivity contribution >= 4 is 17.1 Å². The minimum Gasteiger partial charge on any atom is -0.296 e. The zero-order valence-electron chi connectivity index (χ0n) is 15.5. The lowest BCUT2D eigenvalue weighted by Crippen LogP contribution is -2.29. The van der Waals surface area contributed by atoms with E-state index in [4.69, 9.17) is 4.98 Å². The van der Waals surface area contributed by atoms with E-state index in [2.05, 4.69) is 23.8 Å². The van der Waals surface area contributed by atoms with Crippen molar-refractivity contribution in [2.45, 2.75) is 27.3 Å². The molecule has 0 aliphatic carbocycles. The van der Waals surface area contributed by atoms with E-state index >= 15 is 0 Å². The standard InChI is InChI=1S/C21H24N4O/c1-4-24(5-2)15-20-23-19-9-7-6-8-18(19)21(26)25(20)22-14-17-12-10-16(3)11-13-17/h6-14H,4-5,15H2,1-3H3/b22-14+. The molecular formula is C21H24N4O. The molecule has 5 heteroatoms. The minimum atomic E-state index is -0.138. The van der Waals surface area contributed by atoms with E-state index in [1.807, 2.05) is 49.4 Å². The fraction of sp³-hybridized carbons (Fsp3) is 0.286. The summed E-state index contributed by atoms with van der Waals surface area (Å²) < 4.78 is 1.43. The van der Waals surface area contributed by atoms with Crippen LogP contribution < -0.4 is 5.56 Å². The van der Waals surface area contributed by atoms with Gasteiger partial charge in [0.1, 0.15) is 5.82 Å². The Kier molecular flexibility index (Phi) is 5.58. The highest BCUT2D eigenvalue weighted by molar-refractivity contribution is 5.80. The van der Waals surface area contributed by atoms with E-state index in [0.717, 1.165) is 18.7 Å². The smallest absolute Gasteiger partial charge is 0.282 e. The van der Waals surface area contributed by atoms with Crippen LogP contribution in [0.25, 0.3) is 10.9 Å². The van der Waals surface area contributed by atoms with Crippen molar-refractivity contribution in [2.24, 2.45) is 5.10 Å². The summed E-state index contributed by atoms with van der Waals surface area (Å²) >= 11 is 0. The first-order valence-electron chi connectivity index (χ1n) is 8.96. The van der Waals surface area contributed by atoms with Crippen LogP contribution in [0.1, 0.15) is 30.8 Å². The van der Waals surface area contributed by atoms with Crippen molar-refractivity contribution in [3.63, 3.8) is 0 Å². The number of benzene rings is 2. The largest absolute Gasteiger partial charge is 0.296 e. The predicted molar refractivity (Wildman–Crippen MR) is 107 cm³/mol. The highest BCUT2D eigenvalue weighted by atomic mass is 16.1. The van der Waals surface area contributed by atoms with Gasteiger partial charge in [-0.3, -0.25) is 9.69 Å². The quantitative estimate of drug-likeness (QED) is 0.641. The molecule has 1 aromatic heterocycles. The Morgan fingerprint density at radius 3 is 2.46 bits per heavy atom. The summed E-state index contributed by atoms with van der Waals surface area (Å²) in [4.78, 5) is 19.9. The van der Waals surface area contributed by atoms with Crippen LogP contribution in [-0.2, 0) is 6.54 Å². The lowest BCUT2D eigenvalue weighted by molar-refractivity contribution is 0.283. The third kappa shape index (κ3) is 3.89. The molecule has 2 aromatic carbocycles. The molecule has 0 fully saturated rings. The maximum absolute atomic E-state index is 13.0. The second kappa shape index (κ2) is 8.06. The molecule has 5 nitrogen and oxygen atoms in total. The second-order valence-corrected chi connectivity index (χ2v) is 6.28. The average Bonchev–Trinajstić information content (AvgIpc) is 2.67. The number of fused-ring (bicyclic) bond motifs is 1. The van der Waals surface area contributed by atoms with Gasteiger partial charge < -0.3 is 0 Å². The highest BCUT2D eigenvalue weighted by Crippen LogP contribution is 2.10. The molecule has 26 heavy (non-hydrogen) atoms. The number of hydrogen-bond acceptors (Lipinski definition) is 4. The molecular weight excluding hydrogens is 324 g/mol. The number of aryl methyl sites for hydroxylation is 1. The number of aromatic nitrogens is 2. The second-order valence-electron chi connectivity index (χ2n) is 6.28. The van der Waals surface area contributed by atoms with Crippen molar-refractivity contribution in [1.82, 2.24) is 14.6 Å². The molecule has 0 aliphatic heterocycles. The van der Waals surface area contributed by atoms with Crippen molar-refractivity contribution in [3.8, 4) is 0 Å². The monoisotopic (exact) mass is 348 g/mol. The lowest BCUT2D eigenvalue weighted by Gasteiger charge is -2.19. The van der Waals surface area contributed by atoms with Gasteiger partial charge in [0.15, 0.2) is 0 Å². The zero-order chi connectivity index (χ0) is 18.5. The van der Waals surface area contributed by atoms with E-state index in [0.29, 0.717) is 23.3 Å². The van der Waals surface area contributed by atoms with Gasteiger partial charge in [-0.2, -0.15) is 9.78 Å². The number of nitrogens with zero attached hydrogens (tertiary/aromatic N) is 4. The van der Waals surface area contributed by atoms with Gasteiger partial charge in [-0.1, -0.05) is 55.8 Å². The highest BCUT2D eigenvalue weighted by Gasteiger charge is 2.12. The summed E-state index contributed by atoms with van der Waals surface area (Å²) in [7, 11) is 0. The van der Waals surface area contributed by atoms with Crippen LogP contribution in [-0.4, -0.2) is 33.9 Å². The van der Waals surface area contributed by atoms with Gasteiger partial charge in [-0.25, -0.2) is 4.98 Å². The van der Waals surface area contributed by atoms with Crippen LogP contribution >= 0.6 is 0 Å². The van der Waals surface area contributed by atoms with Crippen LogP contribution in [0.3, 0.4) is 0 Å². The molecule has 134 valence electrons. The molecule has 0 atom stereocenters. The van der Waals surface area contributed by atoms with E-state index in [1.54, 1.807) is 12.3 Å². The molecule has 1 heterocycles. The number of para-hydroxylation sites is 1. The van der Waals surface area contributed by atoms with Crippen LogP contribution in [0.4, 0.5) is 0 Å². The number of hydrogen-bond donors (Lipinski definition) is 0. The molecule has 0 amide bonds. The first-order valence-corrected chi connectivity index (χ1v) is 8.96. The first kappa shape index (κ1) is 18.0. The topological polar surface area (TPSA) is 50.5 Å². The summed E-state index contributed by atoms with van der Waals surface area (Å²) in [6.45, 7) is 8.60.